The lowest BCUT2D eigenvalue weighted by atomic mass is 9.93. The molecule has 0 aromatic heterocycles. The van der Waals surface area contributed by atoms with Gasteiger partial charge in [-0.2, -0.15) is 0 Å². The molecule has 0 aliphatic rings. The average molecular weight is 253 g/mol. The van der Waals surface area contributed by atoms with Gasteiger partial charge in [-0.15, -0.1) is 0 Å². The molecule has 0 amide bonds. The number of benzene rings is 1. The van der Waals surface area contributed by atoms with E-state index in [1.165, 1.54) is 0 Å². The van der Waals surface area contributed by atoms with Gasteiger partial charge in [-0.3, -0.25) is 0 Å². The molecule has 0 aliphatic carbocycles. The molecular weight excluding hydrogens is 230 g/mol. The van der Waals surface area contributed by atoms with Crippen molar-refractivity contribution >= 4 is 5.97 Å². The Labute approximate surface area is 108 Å². The molecule has 1 unspecified atom stereocenters. The highest BCUT2D eigenvalue weighted by atomic mass is 16.4. The van der Waals surface area contributed by atoms with Crippen LogP contribution in [0.3, 0.4) is 0 Å². The molecule has 1 rings (SSSR count). The molecule has 18 heavy (non-hydrogen) atoms. The van der Waals surface area contributed by atoms with E-state index in [0.717, 1.165) is 6.42 Å². The van der Waals surface area contributed by atoms with E-state index in [9.17, 15) is 4.79 Å². The number of aromatic carboxylic acids is 1. The van der Waals surface area contributed by atoms with Gasteiger partial charge in [0.05, 0.1) is 12.2 Å². The highest BCUT2D eigenvalue weighted by Gasteiger charge is 2.17. The van der Waals surface area contributed by atoms with Crippen LogP contribution in [0.4, 0.5) is 0 Å². The lowest BCUT2D eigenvalue weighted by molar-refractivity contribution is 0.0697. The lowest BCUT2D eigenvalue weighted by Crippen LogP contribution is -2.41. The normalized spacial score (nSPS) is 13.4. The molecule has 0 bridgehead atoms. The summed E-state index contributed by atoms with van der Waals surface area (Å²) in [4.78, 5) is 10.2. The number of aliphatic hydroxyl groups excluding tert-OH is 1. The summed E-state index contributed by atoms with van der Waals surface area (Å²) in [5, 5.41) is 17.1. The largest absolute Gasteiger partial charge is 0.478 e. The standard InChI is InChI=1S/C7H17NO.C7H6O2/c1-6(2)4-7(3,8)5-9;8-7(9)6-4-2-1-3-5-6/h6,9H,4-5,8H2,1-3H3;1-5H,(H,8,9). The van der Waals surface area contributed by atoms with Crippen LogP contribution < -0.4 is 5.73 Å². The van der Waals surface area contributed by atoms with Crippen molar-refractivity contribution < 1.29 is 15.0 Å². The van der Waals surface area contributed by atoms with E-state index in [4.69, 9.17) is 15.9 Å². The minimum atomic E-state index is -0.879. The van der Waals surface area contributed by atoms with Gasteiger partial charge >= 0.3 is 5.97 Å². The first-order valence-electron chi connectivity index (χ1n) is 5.96. The molecule has 0 radical (unpaired) electrons. The van der Waals surface area contributed by atoms with E-state index in [1.807, 2.05) is 6.92 Å². The fraction of sp³-hybridized carbons (Fsp3) is 0.500. The summed E-state index contributed by atoms with van der Waals surface area (Å²) in [5.74, 6) is -0.317. The molecule has 1 atom stereocenters. The summed E-state index contributed by atoms with van der Waals surface area (Å²) in [6, 6.07) is 8.30. The van der Waals surface area contributed by atoms with Crippen LogP contribution >= 0.6 is 0 Å². The van der Waals surface area contributed by atoms with Gasteiger partial charge in [0.15, 0.2) is 0 Å². The Hall–Kier alpha value is -1.39. The van der Waals surface area contributed by atoms with Crippen LogP contribution in [0.5, 0.6) is 0 Å². The highest BCUT2D eigenvalue weighted by Crippen LogP contribution is 2.11. The number of nitrogens with two attached hydrogens (primary N) is 1. The van der Waals surface area contributed by atoms with E-state index in [0.29, 0.717) is 11.5 Å². The number of hydrogen-bond acceptors (Lipinski definition) is 3. The second-order valence-corrected chi connectivity index (χ2v) is 5.08. The first-order chi connectivity index (χ1) is 8.28. The molecule has 4 nitrogen and oxygen atoms in total. The maximum atomic E-state index is 10.2. The van der Waals surface area contributed by atoms with Gasteiger partial charge < -0.3 is 15.9 Å². The SMILES string of the molecule is CC(C)CC(C)(N)CO.O=C(O)c1ccccc1. The van der Waals surface area contributed by atoms with Crippen molar-refractivity contribution in [2.75, 3.05) is 6.61 Å². The fourth-order valence-electron chi connectivity index (χ4n) is 1.58. The molecule has 0 fully saturated rings. The molecule has 0 saturated heterocycles. The van der Waals surface area contributed by atoms with Crippen LogP contribution in [0.1, 0.15) is 37.6 Å². The monoisotopic (exact) mass is 253 g/mol. The fourth-order valence-corrected chi connectivity index (χ4v) is 1.58. The van der Waals surface area contributed by atoms with E-state index >= 15 is 0 Å². The van der Waals surface area contributed by atoms with Gasteiger partial charge in [0.25, 0.3) is 0 Å². The van der Waals surface area contributed by atoms with Crippen LogP contribution in [0, 0.1) is 5.92 Å². The number of carboxylic acids is 1. The van der Waals surface area contributed by atoms with E-state index < -0.39 is 5.97 Å². The first-order valence-corrected chi connectivity index (χ1v) is 5.96. The number of carbonyl (C=O) groups is 1. The Morgan fingerprint density at radius 3 is 2.06 bits per heavy atom. The zero-order valence-corrected chi connectivity index (χ0v) is 11.3. The lowest BCUT2D eigenvalue weighted by Gasteiger charge is -2.23. The molecule has 1 aromatic rings. The predicted molar refractivity (Wildman–Crippen MR) is 72.5 cm³/mol. The minimum Gasteiger partial charge on any atom is -0.478 e. The van der Waals surface area contributed by atoms with Gasteiger partial charge in [-0.05, 0) is 31.4 Å². The van der Waals surface area contributed by atoms with Gasteiger partial charge in [0, 0.05) is 5.54 Å². The zero-order chi connectivity index (χ0) is 14.2. The summed E-state index contributed by atoms with van der Waals surface area (Å²) >= 11 is 0. The zero-order valence-electron chi connectivity index (χ0n) is 11.3. The van der Waals surface area contributed by atoms with Gasteiger partial charge in [0.1, 0.15) is 0 Å². The van der Waals surface area contributed by atoms with E-state index in [1.54, 1.807) is 30.3 Å². The second-order valence-electron chi connectivity index (χ2n) is 5.08. The average Bonchev–Trinajstić information content (AvgIpc) is 2.29. The third kappa shape index (κ3) is 7.81. The molecule has 0 heterocycles. The van der Waals surface area contributed by atoms with Crippen LogP contribution in [-0.2, 0) is 0 Å². The molecular formula is C14H23NO3. The summed E-state index contributed by atoms with van der Waals surface area (Å²) in [5.41, 5.74) is 5.62. The molecule has 4 heteroatoms. The summed E-state index contributed by atoms with van der Waals surface area (Å²) in [6.07, 6.45) is 0.878. The molecule has 4 N–H and O–H groups in total. The molecule has 0 aliphatic heterocycles. The van der Waals surface area contributed by atoms with E-state index in [-0.39, 0.29) is 12.1 Å². The van der Waals surface area contributed by atoms with Crippen molar-refractivity contribution in [3.8, 4) is 0 Å². The quantitative estimate of drug-likeness (QED) is 0.767. The molecule has 1 aromatic carbocycles. The van der Waals surface area contributed by atoms with Crippen molar-refractivity contribution in [2.45, 2.75) is 32.7 Å². The Morgan fingerprint density at radius 1 is 1.33 bits per heavy atom. The Balaban J connectivity index is 0.000000321. The summed E-state index contributed by atoms with van der Waals surface area (Å²) < 4.78 is 0. The highest BCUT2D eigenvalue weighted by molar-refractivity contribution is 5.87. The second kappa shape index (κ2) is 7.84. The molecule has 0 saturated carbocycles. The van der Waals surface area contributed by atoms with Crippen LogP contribution in [0.25, 0.3) is 0 Å². The third-order valence-corrected chi connectivity index (χ3v) is 2.26. The first kappa shape index (κ1) is 16.6. The summed E-state index contributed by atoms with van der Waals surface area (Å²) in [6.45, 7) is 6.14. The topological polar surface area (TPSA) is 83.5 Å². The third-order valence-electron chi connectivity index (χ3n) is 2.26. The van der Waals surface area contributed by atoms with Gasteiger partial charge in [-0.1, -0.05) is 32.0 Å². The Bertz CT molecular complexity index is 347. The van der Waals surface area contributed by atoms with Crippen LogP contribution in [-0.4, -0.2) is 28.3 Å². The summed E-state index contributed by atoms with van der Waals surface area (Å²) in [7, 11) is 0. The predicted octanol–water partition coefficient (Wildman–Crippen LogP) is 2.13. The van der Waals surface area contributed by atoms with E-state index in [2.05, 4.69) is 13.8 Å². The molecule has 0 spiro atoms. The van der Waals surface area contributed by atoms with Crippen molar-refractivity contribution in [3.63, 3.8) is 0 Å². The van der Waals surface area contributed by atoms with Crippen molar-refractivity contribution in [3.05, 3.63) is 35.9 Å². The minimum absolute atomic E-state index is 0.0746. The van der Waals surface area contributed by atoms with Crippen LogP contribution in [0.2, 0.25) is 0 Å². The van der Waals surface area contributed by atoms with Crippen LogP contribution in [0.15, 0.2) is 30.3 Å². The number of hydrogen-bond donors (Lipinski definition) is 3. The van der Waals surface area contributed by atoms with Crippen molar-refractivity contribution in [1.82, 2.24) is 0 Å². The van der Waals surface area contributed by atoms with Crippen molar-refractivity contribution in [1.29, 1.82) is 0 Å². The smallest absolute Gasteiger partial charge is 0.335 e. The Kier molecular flexibility index (Phi) is 7.24. The maximum absolute atomic E-state index is 10.2. The van der Waals surface area contributed by atoms with Crippen molar-refractivity contribution in [2.24, 2.45) is 11.7 Å². The number of carboxylic acid groups (broad SMARTS) is 1. The molecule has 102 valence electrons. The Morgan fingerprint density at radius 2 is 1.83 bits per heavy atom. The number of rotatable bonds is 4. The number of aliphatic hydroxyl groups is 1. The van der Waals surface area contributed by atoms with Gasteiger partial charge in [-0.25, -0.2) is 4.79 Å². The maximum Gasteiger partial charge on any atom is 0.335 e. The van der Waals surface area contributed by atoms with Gasteiger partial charge in [0.2, 0.25) is 0 Å².